The molecule has 174 valence electrons. The van der Waals surface area contributed by atoms with Crippen LogP contribution in [0.25, 0.3) is 5.69 Å². The molecule has 0 unspecified atom stereocenters. The number of carbonyl (C=O) groups is 1. The van der Waals surface area contributed by atoms with Crippen LogP contribution in [-0.2, 0) is 6.18 Å². The summed E-state index contributed by atoms with van der Waals surface area (Å²) < 4.78 is 67.4. The number of nitrogens with zero attached hydrogens (tertiary/aromatic N) is 6. The molecule has 1 atom stereocenters. The van der Waals surface area contributed by atoms with Crippen LogP contribution in [0.4, 0.5) is 27.9 Å². The van der Waals surface area contributed by atoms with Gasteiger partial charge in [0.2, 0.25) is 5.95 Å². The molecule has 0 radical (unpaired) electrons. The van der Waals surface area contributed by atoms with E-state index < -0.39 is 42.6 Å². The van der Waals surface area contributed by atoms with Crippen LogP contribution in [0.15, 0.2) is 43.0 Å². The summed E-state index contributed by atoms with van der Waals surface area (Å²) in [5, 5.41) is 10.6. The summed E-state index contributed by atoms with van der Waals surface area (Å²) >= 11 is 0. The fourth-order valence-corrected chi connectivity index (χ4v) is 3.66. The summed E-state index contributed by atoms with van der Waals surface area (Å²) in [7, 11) is 0. The topological polar surface area (TPSA) is 88.8 Å². The molecule has 1 fully saturated rings. The average Bonchev–Trinajstić information content (AvgIpc) is 3.39. The third-order valence-corrected chi connectivity index (χ3v) is 5.34. The van der Waals surface area contributed by atoms with Crippen molar-refractivity contribution >= 4 is 11.9 Å². The van der Waals surface area contributed by atoms with Crippen LogP contribution in [-0.4, -0.2) is 60.8 Å². The maximum atomic E-state index is 14.7. The Balaban J connectivity index is 1.58. The summed E-state index contributed by atoms with van der Waals surface area (Å²) in [6.45, 7) is 1.02. The van der Waals surface area contributed by atoms with E-state index >= 15 is 0 Å². The van der Waals surface area contributed by atoms with Gasteiger partial charge in [0.1, 0.15) is 6.04 Å². The minimum atomic E-state index is -4.62. The highest BCUT2D eigenvalue weighted by Gasteiger charge is 2.51. The number of nitrogens with one attached hydrogen (secondary N) is 1. The van der Waals surface area contributed by atoms with E-state index in [2.05, 4.69) is 25.5 Å². The van der Waals surface area contributed by atoms with E-state index in [0.29, 0.717) is 23.6 Å². The highest BCUT2D eigenvalue weighted by molar-refractivity contribution is 5.99. The van der Waals surface area contributed by atoms with E-state index in [1.54, 1.807) is 25.1 Å². The zero-order valence-corrected chi connectivity index (χ0v) is 17.2. The summed E-state index contributed by atoms with van der Waals surface area (Å²) in [4.78, 5) is 22.7. The molecule has 2 aromatic heterocycles. The van der Waals surface area contributed by atoms with Gasteiger partial charge in [-0.05, 0) is 18.6 Å². The van der Waals surface area contributed by atoms with Crippen molar-refractivity contribution in [1.82, 2.24) is 29.9 Å². The molecule has 1 aliphatic heterocycles. The van der Waals surface area contributed by atoms with Gasteiger partial charge in [-0.3, -0.25) is 4.79 Å². The third kappa shape index (κ3) is 4.47. The molecule has 0 aliphatic carbocycles. The molecule has 3 aromatic rings. The number of hydrogen-bond donors (Lipinski definition) is 1. The first-order valence-corrected chi connectivity index (χ1v) is 9.86. The number of likely N-dealkylation sites (tertiary alicyclic amines) is 1. The lowest BCUT2D eigenvalue weighted by atomic mass is 10.0. The highest BCUT2D eigenvalue weighted by atomic mass is 19.4. The predicted octanol–water partition coefficient (Wildman–Crippen LogP) is 3.35. The van der Waals surface area contributed by atoms with Crippen LogP contribution in [0.1, 0.15) is 27.9 Å². The number of benzene rings is 1. The quantitative estimate of drug-likeness (QED) is 0.579. The maximum absolute atomic E-state index is 14.7. The van der Waals surface area contributed by atoms with Gasteiger partial charge >= 0.3 is 6.18 Å². The second-order valence-corrected chi connectivity index (χ2v) is 7.49. The number of hydrogen-bond acceptors (Lipinski definition) is 6. The fraction of sp³-hybridized carbons (Fsp3) is 0.350. The molecule has 0 bridgehead atoms. The van der Waals surface area contributed by atoms with Gasteiger partial charge in [0, 0.05) is 31.9 Å². The van der Waals surface area contributed by atoms with Crippen LogP contribution in [0, 0.1) is 6.92 Å². The fourth-order valence-electron chi connectivity index (χ4n) is 3.66. The van der Waals surface area contributed by atoms with Crippen LogP contribution < -0.4 is 5.32 Å². The molecule has 3 heterocycles. The van der Waals surface area contributed by atoms with Gasteiger partial charge in [0.05, 0.1) is 29.2 Å². The van der Waals surface area contributed by atoms with Crippen molar-refractivity contribution in [1.29, 1.82) is 0 Å². The van der Waals surface area contributed by atoms with Gasteiger partial charge in [-0.15, -0.1) is 0 Å². The summed E-state index contributed by atoms with van der Waals surface area (Å²) in [6, 6.07) is 3.42. The van der Waals surface area contributed by atoms with E-state index in [9.17, 15) is 26.7 Å². The van der Waals surface area contributed by atoms with Crippen molar-refractivity contribution in [2.75, 3.05) is 18.4 Å². The maximum Gasteiger partial charge on any atom is 0.419 e. The molecule has 1 aromatic carbocycles. The molecule has 1 aliphatic rings. The van der Waals surface area contributed by atoms with Crippen molar-refractivity contribution in [3.05, 3.63) is 59.7 Å². The summed E-state index contributed by atoms with van der Waals surface area (Å²) in [6.07, 6.45) is -1.20. The second-order valence-electron chi connectivity index (χ2n) is 7.49. The first-order valence-electron chi connectivity index (χ1n) is 9.86. The van der Waals surface area contributed by atoms with Gasteiger partial charge in [-0.25, -0.2) is 18.7 Å². The Morgan fingerprint density at radius 1 is 1.18 bits per heavy atom. The number of halogens is 5. The molecule has 13 heteroatoms. The monoisotopic (exact) mass is 467 g/mol. The molecule has 4 rings (SSSR count). The van der Waals surface area contributed by atoms with Gasteiger partial charge < -0.3 is 10.2 Å². The smallest absolute Gasteiger partial charge is 0.352 e. The first kappa shape index (κ1) is 22.6. The minimum absolute atomic E-state index is 0.183. The van der Waals surface area contributed by atoms with Crippen molar-refractivity contribution in [3.63, 3.8) is 0 Å². The zero-order valence-electron chi connectivity index (χ0n) is 17.2. The molecular weight excluding hydrogens is 449 g/mol. The number of aryl methyl sites for hydroxylation is 1. The number of alkyl halides is 5. The molecule has 1 amide bonds. The Kier molecular flexibility index (Phi) is 5.72. The normalized spacial score (nSPS) is 17.9. The molecule has 0 spiro atoms. The zero-order chi connectivity index (χ0) is 23.8. The van der Waals surface area contributed by atoms with Crippen LogP contribution in [0.5, 0.6) is 0 Å². The summed E-state index contributed by atoms with van der Waals surface area (Å²) in [5.74, 6) is -4.10. The van der Waals surface area contributed by atoms with E-state index in [1.165, 1.54) is 17.2 Å². The van der Waals surface area contributed by atoms with Crippen LogP contribution in [0.3, 0.4) is 0 Å². The Bertz CT molecular complexity index is 1130. The van der Waals surface area contributed by atoms with Gasteiger partial charge in [-0.1, -0.05) is 12.1 Å². The standard InChI is InChI=1S/C20H18F5N7O/c1-12-3-2-4-14(32-29-6-7-30-32)16(12)17(33)31-8-5-19(21,22)15(31)11-28-18-26-9-13(10-27-18)20(23,24)25/h2-4,6-7,9-10,15H,5,8,11H2,1H3,(H,26,27,28)/t15-/m1/s1. The van der Waals surface area contributed by atoms with Crippen LogP contribution in [0.2, 0.25) is 0 Å². The van der Waals surface area contributed by atoms with Gasteiger partial charge in [0.15, 0.2) is 0 Å². The van der Waals surface area contributed by atoms with E-state index in [1.807, 2.05) is 0 Å². The largest absolute Gasteiger partial charge is 0.419 e. The highest BCUT2D eigenvalue weighted by Crippen LogP contribution is 2.36. The number of amides is 1. The van der Waals surface area contributed by atoms with Crippen LogP contribution >= 0.6 is 0 Å². The SMILES string of the molecule is Cc1cccc(-n2nccn2)c1C(=O)N1CCC(F)(F)[C@H]1CNc1ncc(C(F)(F)F)cn1. The lowest BCUT2D eigenvalue weighted by Crippen LogP contribution is -2.47. The summed E-state index contributed by atoms with van der Waals surface area (Å²) in [5.41, 5.74) is 0.0262. The van der Waals surface area contributed by atoms with Crippen molar-refractivity contribution < 1.29 is 26.7 Å². The number of aromatic nitrogens is 5. The number of rotatable bonds is 5. The molecule has 1 N–H and O–H groups in total. The second kappa shape index (κ2) is 8.37. The van der Waals surface area contributed by atoms with E-state index in [0.717, 1.165) is 4.90 Å². The Labute approximate surface area is 184 Å². The number of anilines is 1. The third-order valence-electron chi connectivity index (χ3n) is 5.34. The lowest BCUT2D eigenvalue weighted by Gasteiger charge is -2.29. The molecule has 8 nitrogen and oxygen atoms in total. The van der Waals surface area contributed by atoms with Crippen molar-refractivity contribution in [3.8, 4) is 5.69 Å². The molecule has 33 heavy (non-hydrogen) atoms. The lowest BCUT2D eigenvalue weighted by molar-refractivity contribution is -0.138. The average molecular weight is 467 g/mol. The minimum Gasteiger partial charge on any atom is -0.352 e. The predicted molar refractivity (Wildman–Crippen MR) is 106 cm³/mol. The van der Waals surface area contributed by atoms with Crippen molar-refractivity contribution in [2.24, 2.45) is 0 Å². The van der Waals surface area contributed by atoms with Gasteiger partial charge in [-0.2, -0.15) is 28.2 Å². The first-order chi connectivity index (χ1) is 15.6. The molecule has 0 saturated carbocycles. The Morgan fingerprint density at radius 3 is 2.48 bits per heavy atom. The Morgan fingerprint density at radius 2 is 1.85 bits per heavy atom. The van der Waals surface area contributed by atoms with Gasteiger partial charge in [0.25, 0.3) is 11.8 Å². The van der Waals surface area contributed by atoms with E-state index in [-0.39, 0.29) is 18.1 Å². The molecule has 1 saturated heterocycles. The molecular formula is C20H18F5N7O. The Hall–Kier alpha value is -3.64. The van der Waals surface area contributed by atoms with Crippen molar-refractivity contribution in [2.45, 2.75) is 31.5 Å². The van der Waals surface area contributed by atoms with E-state index in [4.69, 9.17) is 0 Å². The number of carbonyl (C=O) groups excluding carboxylic acids is 1.